The monoisotopic (exact) mass is 500 g/mol. The van der Waals surface area contributed by atoms with Gasteiger partial charge in [0, 0.05) is 35.1 Å². The summed E-state index contributed by atoms with van der Waals surface area (Å²) in [4.78, 5) is 28.4. The van der Waals surface area contributed by atoms with Crippen molar-refractivity contribution in [3.05, 3.63) is 105 Å². The van der Waals surface area contributed by atoms with E-state index in [0.717, 1.165) is 17.5 Å². The van der Waals surface area contributed by atoms with Gasteiger partial charge < -0.3 is 10.2 Å². The molecule has 0 aromatic heterocycles. The summed E-state index contributed by atoms with van der Waals surface area (Å²) in [5, 5.41) is 3.66. The van der Waals surface area contributed by atoms with Crippen molar-refractivity contribution in [3.8, 4) is 0 Å². The first-order valence-electron chi connectivity index (χ1n) is 11.2. The maximum absolute atomic E-state index is 14.5. The van der Waals surface area contributed by atoms with Crippen LogP contribution < -0.4 is 5.32 Å². The molecule has 7 heteroatoms. The van der Waals surface area contributed by atoms with Crippen LogP contribution in [-0.4, -0.2) is 29.3 Å². The van der Waals surface area contributed by atoms with Crippen LogP contribution in [-0.2, 0) is 29.0 Å². The lowest BCUT2D eigenvalue weighted by atomic mass is 10.0. The molecule has 34 heavy (non-hydrogen) atoms. The Hall–Kier alpha value is -2.89. The summed E-state index contributed by atoms with van der Waals surface area (Å²) >= 11 is 12.2. The lowest BCUT2D eigenvalue weighted by Gasteiger charge is -2.32. The SMILES string of the molecule is CCCNC(=O)[C@H](Cc1ccccc1)N(Cc1ccc(Cl)cc1)C(=O)Cc1c(F)cccc1Cl. The largest absolute Gasteiger partial charge is 0.354 e. The topological polar surface area (TPSA) is 49.4 Å². The van der Waals surface area contributed by atoms with Crippen LogP contribution in [0.25, 0.3) is 0 Å². The minimum absolute atomic E-state index is 0.114. The molecule has 3 aromatic carbocycles. The maximum Gasteiger partial charge on any atom is 0.243 e. The third-order valence-corrected chi connectivity index (χ3v) is 6.08. The second-order valence-electron chi connectivity index (χ2n) is 8.02. The zero-order chi connectivity index (χ0) is 24.5. The highest BCUT2D eigenvalue weighted by atomic mass is 35.5. The number of nitrogens with one attached hydrogen (secondary N) is 1. The zero-order valence-electron chi connectivity index (χ0n) is 18.9. The number of carbonyl (C=O) groups excluding carboxylic acids is 2. The molecule has 3 rings (SSSR count). The summed E-state index contributed by atoms with van der Waals surface area (Å²) in [5.74, 6) is -1.20. The minimum atomic E-state index is -0.789. The van der Waals surface area contributed by atoms with Gasteiger partial charge in [-0.1, -0.05) is 78.7 Å². The van der Waals surface area contributed by atoms with Crippen LogP contribution in [0.3, 0.4) is 0 Å². The summed E-state index contributed by atoms with van der Waals surface area (Å²) in [6.45, 7) is 2.62. The minimum Gasteiger partial charge on any atom is -0.354 e. The first-order valence-corrected chi connectivity index (χ1v) is 11.9. The molecular weight excluding hydrogens is 474 g/mol. The Kier molecular flexibility index (Phi) is 9.49. The molecule has 0 fully saturated rings. The van der Waals surface area contributed by atoms with Crippen LogP contribution in [0.5, 0.6) is 0 Å². The van der Waals surface area contributed by atoms with E-state index >= 15 is 0 Å². The van der Waals surface area contributed by atoms with Crippen LogP contribution in [0.4, 0.5) is 4.39 Å². The molecule has 1 N–H and O–H groups in total. The van der Waals surface area contributed by atoms with E-state index < -0.39 is 17.8 Å². The number of benzene rings is 3. The Morgan fingerprint density at radius 3 is 2.29 bits per heavy atom. The van der Waals surface area contributed by atoms with Gasteiger partial charge in [0.1, 0.15) is 11.9 Å². The van der Waals surface area contributed by atoms with Crippen molar-refractivity contribution in [1.29, 1.82) is 0 Å². The van der Waals surface area contributed by atoms with Gasteiger partial charge in [-0.2, -0.15) is 0 Å². The van der Waals surface area contributed by atoms with Gasteiger partial charge in [-0.05, 0) is 41.8 Å². The van der Waals surface area contributed by atoms with Gasteiger partial charge in [0.2, 0.25) is 11.8 Å². The summed E-state index contributed by atoms with van der Waals surface area (Å²) in [5.41, 5.74) is 1.83. The fraction of sp³-hybridized carbons (Fsp3) is 0.259. The Labute approximate surface area is 209 Å². The van der Waals surface area contributed by atoms with Crippen molar-refractivity contribution >= 4 is 35.0 Å². The van der Waals surface area contributed by atoms with Crippen LogP contribution in [0, 0.1) is 5.82 Å². The van der Waals surface area contributed by atoms with E-state index in [-0.39, 0.29) is 29.5 Å². The fourth-order valence-corrected chi connectivity index (χ4v) is 4.02. The van der Waals surface area contributed by atoms with E-state index in [4.69, 9.17) is 23.2 Å². The molecule has 2 amide bonds. The summed E-state index contributed by atoms with van der Waals surface area (Å²) < 4.78 is 14.5. The van der Waals surface area contributed by atoms with Crippen molar-refractivity contribution in [2.45, 2.75) is 38.8 Å². The Morgan fingerprint density at radius 1 is 0.941 bits per heavy atom. The molecule has 0 saturated heterocycles. The smallest absolute Gasteiger partial charge is 0.243 e. The van der Waals surface area contributed by atoms with Gasteiger partial charge in [0.25, 0.3) is 0 Å². The quantitative estimate of drug-likeness (QED) is 0.380. The number of nitrogens with zero attached hydrogens (tertiary/aromatic N) is 1. The van der Waals surface area contributed by atoms with E-state index in [9.17, 15) is 14.0 Å². The fourth-order valence-electron chi connectivity index (χ4n) is 3.66. The van der Waals surface area contributed by atoms with Crippen molar-refractivity contribution in [2.24, 2.45) is 0 Å². The first kappa shape index (κ1) is 25.7. The number of hydrogen-bond acceptors (Lipinski definition) is 2. The lowest BCUT2D eigenvalue weighted by Crippen LogP contribution is -2.51. The molecule has 4 nitrogen and oxygen atoms in total. The van der Waals surface area contributed by atoms with Crippen LogP contribution in [0.2, 0.25) is 10.0 Å². The van der Waals surface area contributed by atoms with Crippen LogP contribution in [0.1, 0.15) is 30.0 Å². The summed E-state index contributed by atoms with van der Waals surface area (Å²) in [6, 6.07) is 20.1. The van der Waals surface area contributed by atoms with E-state index in [1.807, 2.05) is 49.4 Å². The van der Waals surface area contributed by atoms with Gasteiger partial charge in [-0.25, -0.2) is 4.39 Å². The molecule has 0 heterocycles. The highest BCUT2D eigenvalue weighted by Crippen LogP contribution is 2.23. The molecule has 0 aliphatic rings. The van der Waals surface area contributed by atoms with Crippen LogP contribution in [0.15, 0.2) is 72.8 Å². The van der Waals surface area contributed by atoms with Gasteiger partial charge in [0.05, 0.1) is 6.42 Å². The van der Waals surface area contributed by atoms with Crippen LogP contribution >= 0.6 is 23.2 Å². The Balaban J connectivity index is 1.98. The molecule has 0 aliphatic heterocycles. The standard InChI is InChI=1S/C27H27Cl2FN2O2/c1-2-15-31-27(34)25(16-19-7-4-3-5-8-19)32(18-20-11-13-21(28)14-12-20)26(33)17-22-23(29)9-6-10-24(22)30/h3-14,25H,2,15-18H2,1H3,(H,31,34)/t25-/m0/s1. The van der Waals surface area contributed by atoms with E-state index in [1.54, 1.807) is 18.2 Å². The van der Waals surface area contributed by atoms with Gasteiger partial charge >= 0.3 is 0 Å². The molecule has 0 bridgehead atoms. The predicted molar refractivity (Wildman–Crippen MR) is 134 cm³/mol. The molecule has 1 atom stereocenters. The van der Waals surface area contributed by atoms with E-state index in [2.05, 4.69) is 5.32 Å². The van der Waals surface area contributed by atoms with Crippen molar-refractivity contribution in [1.82, 2.24) is 10.2 Å². The molecule has 0 saturated carbocycles. The van der Waals surface area contributed by atoms with Crippen molar-refractivity contribution in [2.75, 3.05) is 6.54 Å². The Morgan fingerprint density at radius 2 is 1.65 bits per heavy atom. The lowest BCUT2D eigenvalue weighted by molar-refractivity contribution is -0.140. The number of hydrogen-bond donors (Lipinski definition) is 1. The third-order valence-electron chi connectivity index (χ3n) is 5.48. The number of carbonyl (C=O) groups is 2. The number of halogens is 3. The Bertz CT molecular complexity index is 1090. The number of amides is 2. The highest BCUT2D eigenvalue weighted by Gasteiger charge is 2.31. The van der Waals surface area contributed by atoms with Crippen molar-refractivity contribution < 1.29 is 14.0 Å². The molecular formula is C27H27Cl2FN2O2. The molecule has 178 valence electrons. The van der Waals surface area contributed by atoms with Crippen molar-refractivity contribution in [3.63, 3.8) is 0 Å². The summed E-state index contributed by atoms with van der Waals surface area (Å²) in [7, 11) is 0. The van der Waals surface area contributed by atoms with Gasteiger partial charge in [-0.3, -0.25) is 9.59 Å². The molecule has 3 aromatic rings. The molecule has 0 unspecified atom stereocenters. The summed E-state index contributed by atoms with van der Waals surface area (Å²) in [6.07, 6.45) is 0.825. The normalized spacial score (nSPS) is 11.6. The molecule has 0 radical (unpaired) electrons. The van der Waals surface area contributed by atoms with E-state index in [1.165, 1.54) is 17.0 Å². The second kappa shape index (κ2) is 12.5. The van der Waals surface area contributed by atoms with Gasteiger partial charge in [0.15, 0.2) is 0 Å². The average Bonchev–Trinajstić information content (AvgIpc) is 2.84. The zero-order valence-corrected chi connectivity index (χ0v) is 20.5. The highest BCUT2D eigenvalue weighted by molar-refractivity contribution is 6.31. The predicted octanol–water partition coefficient (Wildman–Crippen LogP) is 5.84. The molecule has 0 aliphatic carbocycles. The number of rotatable bonds is 10. The van der Waals surface area contributed by atoms with Gasteiger partial charge in [-0.15, -0.1) is 0 Å². The third kappa shape index (κ3) is 7.05. The van der Waals surface area contributed by atoms with E-state index in [0.29, 0.717) is 18.0 Å². The first-order chi connectivity index (χ1) is 16.4. The average molecular weight is 501 g/mol. The second-order valence-corrected chi connectivity index (χ2v) is 8.87. The molecule has 0 spiro atoms. The maximum atomic E-state index is 14.5.